The lowest BCUT2D eigenvalue weighted by Crippen LogP contribution is -2.24. The molecular weight excluding hydrogens is 248 g/mol. The minimum Gasteiger partial charge on any atom is -0.310 e. The van der Waals surface area contributed by atoms with Crippen LogP contribution in [0.3, 0.4) is 0 Å². The molecule has 0 aliphatic heterocycles. The highest BCUT2D eigenvalue weighted by molar-refractivity contribution is 5.23. The van der Waals surface area contributed by atoms with Gasteiger partial charge in [0.15, 0.2) is 0 Å². The third kappa shape index (κ3) is 3.45. The van der Waals surface area contributed by atoms with Gasteiger partial charge < -0.3 is 5.32 Å². The number of nitrogens with zero attached hydrogens (tertiary/aromatic N) is 3. The Hall–Kier alpha value is -1.68. The molecule has 4 nitrogen and oxygen atoms in total. The van der Waals surface area contributed by atoms with Gasteiger partial charge in [0.25, 0.3) is 0 Å². The van der Waals surface area contributed by atoms with E-state index in [4.69, 9.17) is 0 Å². The molecule has 0 saturated heterocycles. The molecule has 0 amide bonds. The van der Waals surface area contributed by atoms with Crippen LogP contribution >= 0.6 is 0 Å². The van der Waals surface area contributed by atoms with Crippen molar-refractivity contribution in [1.29, 1.82) is 0 Å². The van der Waals surface area contributed by atoms with Crippen molar-refractivity contribution >= 4 is 0 Å². The first-order valence-electron chi connectivity index (χ1n) is 7.30. The van der Waals surface area contributed by atoms with Gasteiger partial charge in [-0.15, -0.1) is 0 Å². The lowest BCUT2D eigenvalue weighted by atomic mass is 10.0. The number of aryl methyl sites for hydroxylation is 3. The average molecular weight is 272 g/mol. The van der Waals surface area contributed by atoms with Crippen LogP contribution in [0.1, 0.15) is 42.4 Å². The first-order valence-corrected chi connectivity index (χ1v) is 7.30. The minimum absolute atomic E-state index is 0.285. The van der Waals surface area contributed by atoms with Crippen molar-refractivity contribution < 1.29 is 0 Å². The number of likely N-dealkylation sites (N-methyl/N-ethyl adjacent to an activating group) is 1. The second kappa shape index (κ2) is 6.66. The molecule has 0 fully saturated rings. The molecule has 20 heavy (non-hydrogen) atoms. The fourth-order valence-electron chi connectivity index (χ4n) is 2.47. The normalized spacial score (nSPS) is 12.6. The van der Waals surface area contributed by atoms with Crippen LogP contribution in [-0.2, 0) is 19.9 Å². The maximum atomic E-state index is 4.53. The van der Waals surface area contributed by atoms with Gasteiger partial charge >= 0.3 is 0 Å². The van der Waals surface area contributed by atoms with Crippen LogP contribution in [0.25, 0.3) is 0 Å². The maximum Gasteiger partial charge on any atom is 0.0624 e. The van der Waals surface area contributed by atoms with Crippen molar-refractivity contribution in [2.75, 3.05) is 6.54 Å². The van der Waals surface area contributed by atoms with E-state index in [2.05, 4.69) is 48.3 Å². The van der Waals surface area contributed by atoms with Crippen LogP contribution in [0.5, 0.6) is 0 Å². The Morgan fingerprint density at radius 1 is 1.25 bits per heavy atom. The lowest BCUT2D eigenvalue weighted by Gasteiger charge is -2.18. The second-order valence-electron chi connectivity index (χ2n) is 5.21. The van der Waals surface area contributed by atoms with Crippen LogP contribution in [0.2, 0.25) is 0 Å². The summed E-state index contributed by atoms with van der Waals surface area (Å²) >= 11 is 0. The van der Waals surface area contributed by atoms with Gasteiger partial charge in [0, 0.05) is 37.6 Å². The van der Waals surface area contributed by atoms with Crippen molar-refractivity contribution in [3.63, 3.8) is 0 Å². The molecule has 2 aromatic rings. The van der Waals surface area contributed by atoms with Crippen LogP contribution < -0.4 is 5.32 Å². The fraction of sp³-hybridized carbons (Fsp3) is 0.500. The summed E-state index contributed by atoms with van der Waals surface area (Å²) in [5, 5.41) is 8.07. The number of aromatic nitrogens is 3. The van der Waals surface area contributed by atoms with Gasteiger partial charge in [-0.05, 0) is 37.1 Å². The molecule has 1 N–H and O–H groups in total. The standard InChI is InChI=1S/C16H24N4/c1-5-14-8-15(20(4)19-14)9-16(18-6-2)13-7-12(3)10-17-11-13/h7-8,10-11,16,18H,5-6,9H2,1-4H3. The maximum absolute atomic E-state index is 4.53. The zero-order valence-corrected chi connectivity index (χ0v) is 12.8. The highest BCUT2D eigenvalue weighted by Gasteiger charge is 2.14. The molecule has 0 saturated carbocycles. The van der Waals surface area contributed by atoms with Gasteiger partial charge in [-0.1, -0.05) is 19.9 Å². The summed E-state index contributed by atoms with van der Waals surface area (Å²) in [4.78, 5) is 4.31. The number of nitrogens with one attached hydrogen (secondary N) is 1. The van der Waals surface area contributed by atoms with E-state index in [9.17, 15) is 0 Å². The number of hydrogen-bond acceptors (Lipinski definition) is 3. The topological polar surface area (TPSA) is 42.7 Å². The Bertz CT molecular complexity index is 559. The molecule has 0 aliphatic rings. The summed E-state index contributed by atoms with van der Waals surface area (Å²) in [7, 11) is 2.02. The minimum atomic E-state index is 0.285. The van der Waals surface area contributed by atoms with E-state index < -0.39 is 0 Å². The van der Waals surface area contributed by atoms with Gasteiger partial charge in [0.2, 0.25) is 0 Å². The van der Waals surface area contributed by atoms with Gasteiger partial charge in [-0.25, -0.2) is 0 Å². The highest BCUT2D eigenvalue weighted by Crippen LogP contribution is 2.19. The molecule has 2 heterocycles. The zero-order chi connectivity index (χ0) is 14.5. The summed E-state index contributed by atoms with van der Waals surface area (Å²) in [6.07, 6.45) is 5.76. The van der Waals surface area contributed by atoms with Crippen LogP contribution in [0.15, 0.2) is 24.5 Å². The van der Waals surface area contributed by atoms with Crippen molar-refractivity contribution in [3.05, 3.63) is 47.0 Å². The predicted molar refractivity (Wildman–Crippen MR) is 81.7 cm³/mol. The van der Waals surface area contributed by atoms with E-state index >= 15 is 0 Å². The van der Waals surface area contributed by atoms with Gasteiger partial charge in [-0.3, -0.25) is 9.67 Å². The Kier molecular flexibility index (Phi) is 4.90. The first kappa shape index (κ1) is 14.7. The fourth-order valence-corrected chi connectivity index (χ4v) is 2.47. The van der Waals surface area contributed by atoms with Crippen LogP contribution in [0, 0.1) is 6.92 Å². The summed E-state index contributed by atoms with van der Waals surface area (Å²) in [6, 6.07) is 4.69. The van der Waals surface area contributed by atoms with E-state index in [0.29, 0.717) is 0 Å². The van der Waals surface area contributed by atoms with Crippen molar-refractivity contribution in [1.82, 2.24) is 20.1 Å². The lowest BCUT2D eigenvalue weighted by molar-refractivity contribution is 0.527. The molecule has 0 bridgehead atoms. The van der Waals surface area contributed by atoms with Crippen LogP contribution in [0.4, 0.5) is 0 Å². The van der Waals surface area contributed by atoms with E-state index in [0.717, 1.165) is 25.1 Å². The summed E-state index contributed by atoms with van der Waals surface area (Å²) in [6.45, 7) is 7.30. The van der Waals surface area contributed by atoms with Gasteiger partial charge in [0.05, 0.1) is 5.69 Å². The molecule has 0 aliphatic carbocycles. The molecule has 2 rings (SSSR count). The number of rotatable bonds is 6. The van der Waals surface area contributed by atoms with E-state index in [1.807, 2.05) is 24.1 Å². The Morgan fingerprint density at radius 2 is 2.05 bits per heavy atom. The number of hydrogen-bond donors (Lipinski definition) is 1. The molecule has 1 unspecified atom stereocenters. The van der Waals surface area contributed by atoms with Crippen LogP contribution in [-0.4, -0.2) is 21.3 Å². The van der Waals surface area contributed by atoms with Crippen molar-refractivity contribution in [2.24, 2.45) is 7.05 Å². The van der Waals surface area contributed by atoms with Gasteiger partial charge in [-0.2, -0.15) is 5.10 Å². The smallest absolute Gasteiger partial charge is 0.0624 e. The van der Waals surface area contributed by atoms with Crippen molar-refractivity contribution in [3.8, 4) is 0 Å². The molecule has 4 heteroatoms. The molecule has 2 aromatic heterocycles. The predicted octanol–water partition coefficient (Wildman–Crippen LogP) is 2.58. The van der Waals surface area contributed by atoms with E-state index in [-0.39, 0.29) is 6.04 Å². The van der Waals surface area contributed by atoms with E-state index in [1.54, 1.807) is 0 Å². The third-order valence-corrected chi connectivity index (χ3v) is 3.55. The third-order valence-electron chi connectivity index (χ3n) is 3.55. The average Bonchev–Trinajstić information content (AvgIpc) is 2.79. The Balaban J connectivity index is 2.22. The molecule has 108 valence electrons. The summed E-state index contributed by atoms with van der Waals surface area (Å²) < 4.78 is 1.99. The second-order valence-corrected chi connectivity index (χ2v) is 5.21. The zero-order valence-electron chi connectivity index (χ0n) is 12.8. The molecule has 0 spiro atoms. The van der Waals surface area contributed by atoms with E-state index in [1.165, 1.54) is 16.8 Å². The number of pyridine rings is 1. The Labute approximate surface area is 121 Å². The first-order chi connectivity index (χ1) is 9.63. The van der Waals surface area contributed by atoms with Crippen molar-refractivity contribution in [2.45, 2.75) is 39.7 Å². The molecule has 1 atom stereocenters. The SMILES string of the molecule is CCNC(Cc1cc(CC)nn1C)c1cncc(C)c1. The summed E-state index contributed by atoms with van der Waals surface area (Å²) in [5.41, 5.74) is 4.85. The quantitative estimate of drug-likeness (QED) is 0.879. The largest absolute Gasteiger partial charge is 0.310 e. The van der Waals surface area contributed by atoms with Gasteiger partial charge in [0.1, 0.15) is 0 Å². The highest BCUT2D eigenvalue weighted by atomic mass is 15.3. The monoisotopic (exact) mass is 272 g/mol. The molecular formula is C16H24N4. The molecule has 0 radical (unpaired) electrons. The molecule has 0 aromatic carbocycles. The summed E-state index contributed by atoms with van der Waals surface area (Å²) in [5.74, 6) is 0. The Morgan fingerprint density at radius 3 is 2.65 bits per heavy atom.